The van der Waals surface area contributed by atoms with Gasteiger partial charge in [-0.25, -0.2) is 4.68 Å². The van der Waals surface area contributed by atoms with Crippen molar-refractivity contribution in [2.24, 2.45) is 0 Å². The zero-order valence-electron chi connectivity index (χ0n) is 42.9. The Kier molecular flexibility index (Phi) is 42.5. The van der Waals surface area contributed by atoms with Crippen LogP contribution in [0.5, 0.6) is 0 Å². The van der Waals surface area contributed by atoms with Crippen LogP contribution < -0.4 is 10.6 Å². The van der Waals surface area contributed by atoms with Crippen LogP contribution in [0.1, 0.15) is 252 Å². The lowest BCUT2D eigenvalue weighted by Crippen LogP contribution is -2.45. The van der Waals surface area contributed by atoms with E-state index in [1.165, 1.54) is 170 Å². The molecule has 0 spiro atoms. The maximum absolute atomic E-state index is 13.6. The van der Waals surface area contributed by atoms with Crippen molar-refractivity contribution in [2.45, 2.75) is 277 Å². The van der Waals surface area contributed by atoms with Gasteiger partial charge in [0.2, 0.25) is 11.8 Å². The second-order valence-corrected chi connectivity index (χ2v) is 20.0. The molecule has 0 fully saturated rings. The molecule has 0 radical (unpaired) electrons. The highest BCUT2D eigenvalue weighted by Crippen LogP contribution is 2.17. The van der Waals surface area contributed by atoms with Crippen molar-refractivity contribution in [3.63, 3.8) is 0 Å². The minimum absolute atomic E-state index is 0.00239. The number of amides is 2. The van der Waals surface area contributed by atoms with Crippen molar-refractivity contribution in [3.05, 3.63) is 6.20 Å². The van der Waals surface area contributed by atoms with E-state index in [0.29, 0.717) is 19.3 Å². The zero-order valence-corrected chi connectivity index (χ0v) is 43.7. The number of aromatic nitrogens is 3. The summed E-state index contributed by atoms with van der Waals surface area (Å²) in [5, 5.41) is 32.6. The summed E-state index contributed by atoms with van der Waals surface area (Å²) in [5.74, 6) is -0.763. The molecular weight excluding hydrogens is 867 g/mol. The highest BCUT2D eigenvalue weighted by molar-refractivity contribution is 7.99. The first-order valence-corrected chi connectivity index (χ1v) is 28.6. The van der Waals surface area contributed by atoms with Crippen molar-refractivity contribution >= 4 is 41.3 Å². The highest BCUT2D eigenvalue weighted by Gasteiger charge is 2.24. The number of nitrogens with zero attached hydrogens (tertiary/aromatic N) is 3. The largest absolute Gasteiger partial charge is 0.462 e. The summed E-state index contributed by atoms with van der Waals surface area (Å²) in [6.45, 7) is 6.19. The molecule has 1 rings (SSSR count). The van der Waals surface area contributed by atoms with E-state index in [1.807, 2.05) is 0 Å². The van der Waals surface area contributed by atoms with Gasteiger partial charge in [0.25, 0.3) is 0 Å². The third-order valence-electron chi connectivity index (χ3n) is 12.3. The highest BCUT2D eigenvalue weighted by atomic mass is 32.2. The van der Waals surface area contributed by atoms with Crippen molar-refractivity contribution in [1.29, 1.82) is 0 Å². The number of carbonyl (C=O) groups is 4. The number of hydrogen-bond donors (Lipinski definition) is 4. The molecule has 390 valence electrons. The number of thioether (sulfide) groups is 1. The topological polar surface area (TPSA) is 182 Å². The summed E-state index contributed by atoms with van der Waals surface area (Å²) < 4.78 is 12.9. The van der Waals surface area contributed by atoms with Crippen LogP contribution >= 0.6 is 11.8 Å². The summed E-state index contributed by atoms with van der Waals surface area (Å²) in [6.07, 6.45) is 39.6. The Labute approximate surface area is 412 Å². The number of esters is 2. The van der Waals surface area contributed by atoms with Gasteiger partial charge in [0.1, 0.15) is 18.8 Å². The Morgan fingerprint density at radius 1 is 0.597 bits per heavy atom. The maximum Gasteiger partial charge on any atom is 0.306 e. The van der Waals surface area contributed by atoms with Crippen LogP contribution in [0, 0.1) is 0 Å². The number of hydrogen-bond acceptors (Lipinski definition) is 11. The average Bonchev–Trinajstić information content (AvgIpc) is 3.76. The monoisotopic (exact) mass is 966 g/mol. The summed E-state index contributed by atoms with van der Waals surface area (Å²) in [6, 6.07) is -0.935. The smallest absolute Gasteiger partial charge is 0.306 e. The van der Waals surface area contributed by atoms with Crippen molar-refractivity contribution in [2.75, 3.05) is 30.0 Å². The van der Waals surface area contributed by atoms with Crippen LogP contribution in [0.25, 0.3) is 0 Å². The van der Waals surface area contributed by atoms with E-state index in [0.717, 1.165) is 64.2 Å². The maximum atomic E-state index is 13.6. The number of aliphatic hydroxyl groups excluding tert-OH is 2. The summed E-state index contributed by atoms with van der Waals surface area (Å²) in [7, 11) is 0. The second-order valence-electron chi connectivity index (χ2n) is 19.0. The van der Waals surface area contributed by atoms with E-state index in [1.54, 1.807) is 0 Å². The van der Waals surface area contributed by atoms with E-state index in [2.05, 4.69) is 41.7 Å². The summed E-state index contributed by atoms with van der Waals surface area (Å²) in [4.78, 5) is 52.8. The third-order valence-corrected chi connectivity index (χ3v) is 13.5. The van der Waals surface area contributed by atoms with Gasteiger partial charge in [-0.15, -0.1) is 5.10 Å². The number of aliphatic hydroxyl groups is 2. The fourth-order valence-electron chi connectivity index (χ4n) is 8.13. The molecule has 13 nitrogen and oxygen atoms in total. The van der Waals surface area contributed by atoms with Crippen LogP contribution in [0.3, 0.4) is 0 Å². The van der Waals surface area contributed by atoms with Gasteiger partial charge in [-0.3, -0.25) is 19.2 Å². The minimum atomic E-state index is -1.03. The molecule has 0 aliphatic rings. The normalized spacial score (nSPS) is 12.7. The first-order valence-electron chi connectivity index (χ1n) is 27.4. The van der Waals surface area contributed by atoms with Gasteiger partial charge in [-0.1, -0.05) is 219 Å². The number of carbonyl (C=O) groups excluding carboxylic acids is 4. The number of nitrogens with one attached hydrogen (secondary N) is 2. The van der Waals surface area contributed by atoms with Gasteiger partial charge in [0.05, 0.1) is 25.5 Å². The second kappa shape index (κ2) is 45.7. The molecule has 2 amide bonds. The molecule has 0 aromatic carbocycles. The molecule has 0 saturated heterocycles. The molecule has 1 aromatic heterocycles. The first kappa shape index (κ1) is 62.3. The van der Waals surface area contributed by atoms with Gasteiger partial charge in [0.15, 0.2) is 5.82 Å². The van der Waals surface area contributed by atoms with Crippen LogP contribution in [0.4, 0.5) is 5.82 Å². The lowest BCUT2D eigenvalue weighted by atomic mass is 10.1. The van der Waals surface area contributed by atoms with Crippen LogP contribution in [0.2, 0.25) is 0 Å². The van der Waals surface area contributed by atoms with Gasteiger partial charge in [0, 0.05) is 30.8 Å². The molecule has 0 bridgehead atoms. The predicted molar refractivity (Wildman–Crippen MR) is 275 cm³/mol. The molecule has 3 atom stereocenters. The van der Waals surface area contributed by atoms with E-state index >= 15 is 0 Å². The number of anilines is 1. The SMILES string of the molecule is CCCCCCCCCCCCCC(=O)N[C@H](CSC[C@@H](COC(=O)CCCCCCCCCCCCC)OC(=O)CCCCCCCCCCCCC)C(=O)Nc1cn(C[C@@H](O)CO)nn1. The number of rotatable bonds is 49. The first-order chi connectivity index (χ1) is 32.7. The molecule has 0 aliphatic carbocycles. The predicted octanol–water partition coefficient (Wildman–Crippen LogP) is 12.3. The molecule has 14 heteroatoms. The Morgan fingerprint density at radius 2 is 1.01 bits per heavy atom. The van der Waals surface area contributed by atoms with E-state index in [9.17, 15) is 29.4 Å². The molecular formula is C53H99N5O8S. The van der Waals surface area contributed by atoms with E-state index in [4.69, 9.17) is 9.47 Å². The molecule has 1 heterocycles. The lowest BCUT2D eigenvalue weighted by Gasteiger charge is -2.21. The van der Waals surface area contributed by atoms with Crippen molar-refractivity contribution in [3.8, 4) is 0 Å². The molecule has 0 aliphatic heterocycles. The quantitative estimate of drug-likeness (QED) is 0.0360. The Hall–Kier alpha value is -2.71. The molecule has 1 aromatic rings. The van der Waals surface area contributed by atoms with Gasteiger partial charge >= 0.3 is 11.9 Å². The number of unbranched alkanes of at least 4 members (excludes halogenated alkanes) is 30. The van der Waals surface area contributed by atoms with Crippen LogP contribution in [-0.4, -0.2) is 91.9 Å². The molecule has 4 N–H and O–H groups in total. The van der Waals surface area contributed by atoms with Crippen LogP contribution in [-0.2, 0) is 35.2 Å². The third kappa shape index (κ3) is 38.8. The van der Waals surface area contributed by atoms with E-state index < -0.39 is 30.8 Å². The van der Waals surface area contributed by atoms with Crippen LogP contribution in [0.15, 0.2) is 6.20 Å². The Bertz CT molecular complexity index is 1340. The van der Waals surface area contributed by atoms with Gasteiger partial charge in [-0.05, 0) is 19.3 Å². The van der Waals surface area contributed by atoms with Crippen molar-refractivity contribution < 1.29 is 38.9 Å². The zero-order chi connectivity index (χ0) is 48.8. The van der Waals surface area contributed by atoms with Gasteiger partial charge < -0.3 is 30.3 Å². The molecule has 67 heavy (non-hydrogen) atoms. The fourth-order valence-corrected chi connectivity index (χ4v) is 9.17. The van der Waals surface area contributed by atoms with Crippen molar-refractivity contribution in [1.82, 2.24) is 20.3 Å². The minimum Gasteiger partial charge on any atom is -0.462 e. The average molecular weight is 966 g/mol. The summed E-state index contributed by atoms with van der Waals surface area (Å²) in [5.41, 5.74) is 0. The van der Waals surface area contributed by atoms with E-state index in [-0.39, 0.29) is 48.3 Å². The number of ether oxygens (including phenoxy) is 2. The van der Waals surface area contributed by atoms with Gasteiger partial charge in [-0.2, -0.15) is 11.8 Å². The lowest BCUT2D eigenvalue weighted by molar-refractivity contribution is -0.157. The molecule has 0 saturated carbocycles. The standard InChI is InChI=1S/C53H99N5O8S/c1-4-7-10-13-16-19-22-25-28-31-34-37-50(61)54-48(53(64)55-49-41-58(57-56-49)40-46(60)42-59)45-67-44-47(66-52(63)39-36-33-30-27-24-21-18-15-12-9-6-3)43-65-51(62)38-35-32-29-26-23-20-17-14-11-8-5-2/h41,46-48,59-60H,4-40,42-45H2,1-3H3,(H,54,61)(H,55,64)/t46-,47-,48-/m1/s1. The summed E-state index contributed by atoms with van der Waals surface area (Å²) >= 11 is 1.34. The fraction of sp³-hybridized carbons (Fsp3) is 0.887. The molecule has 0 unspecified atom stereocenters. The Balaban J connectivity index is 2.78. The Morgan fingerprint density at radius 3 is 1.46 bits per heavy atom.